The fourth-order valence-corrected chi connectivity index (χ4v) is 4.04. The van der Waals surface area contributed by atoms with Crippen LogP contribution in [0.3, 0.4) is 0 Å². The van der Waals surface area contributed by atoms with E-state index in [1.165, 1.54) is 0 Å². The topological polar surface area (TPSA) is 78.7 Å². The van der Waals surface area contributed by atoms with Gasteiger partial charge in [-0.3, -0.25) is 9.36 Å². The van der Waals surface area contributed by atoms with Crippen molar-refractivity contribution < 1.29 is 14.2 Å². The Morgan fingerprint density at radius 3 is 2.48 bits per heavy atom. The summed E-state index contributed by atoms with van der Waals surface area (Å²) < 4.78 is 17.9. The van der Waals surface area contributed by atoms with Crippen LogP contribution in [-0.4, -0.2) is 61.2 Å². The molecule has 0 amide bonds. The zero-order chi connectivity index (χ0) is 21.1. The molecule has 2 atom stereocenters. The van der Waals surface area contributed by atoms with E-state index in [-0.39, 0.29) is 17.7 Å². The van der Waals surface area contributed by atoms with Gasteiger partial charge in [-0.05, 0) is 33.3 Å². The maximum Gasteiger partial charge on any atom is 0.277 e. The van der Waals surface area contributed by atoms with Gasteiger partial charge in [-0.2, -0.15) is 0 Å². The molecule has 1 fully saturated rings. The lowest BCUT2D eigenvalue weighted by molar-refractivity contribution is 0.111. The third kappa shape index (κ3) is 4.00. The van der Waals surface area contributed by atoms with Crippen LogP contribution >= 0.6 is 0 Å². The van der Waals surface area contributed by atoms with E-state index in [0.29, 0.717) is 42.8 Å². The van der Waals surface area contributed by atoms with Crippen LogP contribution in [0.1, 0.15) is 24.7 Å². The Morgan fingerprint density at radius 2 is 1.90 bits per heavy atom. The van der Waals surface area contributed by atoms with Gasteiger partial charge in [-0.15, -0.1) is 0 Å². The van der Waals surface area contributed by atoms with E-state index in [2.05, 4.69) is 9.88 Å². The minimum Gasteiger partial charge on any atom is -0.481 e. The first-order valence-electron chi connectivity index (χ1n) is 9.86. The molecule has 0 radical (unpaired) electrons. The standard InChI is InChI=1S/C21H30N4O4/c1-7-24-20(17-8-9-18(29-6)22-13(17)2)23-14(3)19(21(24)26)25-11-16(28-5)10-15(25)12-27-4/h8-9,15-16H,7,10-12H2,1-6H3/t15-,16+/m0/s1. The van der Waals surface area contributed by atoms with Crippen LogP contribution < -0.4 is 15.2 Å². The quantitative estimate of drug-likeness (QED) is 0.702. The maximum absolute atomic E-state index is 13.5. The molecule has 29 heavy (non-hydrogen) atoms. The minimum absolute atomic E-state index is 0.0527. The molecule has 8 heteroatoms. The number of ether oxygens (including phenoxy) is 3. The van der Waals surface area contributed by atoms with E-state index < -0.39 is 0 Å². The Hall–Kier alpha value is -2.45. The van der Waals surface area contributed by atoms with Gasteiger partial charge in [0, 0.05) is 38.9 Å². The molecule has 3 heterocycles. The van der Waals surface area contributed by atoms with Crippen LogP contribution in [-0.2, 0) is 16.0 Å². The molecule has 1 aliphatic rings. The van der Waals surface area contributed by atoms with Crippen molar-refractivity contribution in [2.24, 2.45) is 0 Å². The average molecular weight is 402 g/mol. The lowest BCUT2D eigenvalue weighted by Crippen LogP contribution is -2.40. The summed E-state index contributed by atoms with van der Waals surface area (Å²) in [7, 11) is 4.96. The maximum atomic E-state index is 13.5. The van der Waals surface area contributed by atoms with E-state index in [0.717, 1.165) is 17.7 Å². The van der Waals surface area contributed by atoms with Crippen LogP contribution in [0, 0.1) is 13.8 Å². The van der Waals surface area contributed by atoms with Crippen molar-refractivity contribution in [1.29, 1.82) is 0 Å². The van der Waals surface area contributed by atoms with Gasteiger partial charge in [0.15, 0.2) is 0 Å². The van der Waals surface area contributed by atoms with Gasteiger partial charge >= 0.3 is 0 Å². The molecule has 1 aliphatic heterocycles. The first-order valence-corrected chi connectivity index (χ1v) is 9.86. The van der Waals surface area contributed by atoms with E-state index in [4.69, 9.17) is 19.2 Å². The van der Waals surface area contributed by atoms with Gasteiger partial charge in [0.25, 0.3) is 5.56 Å². The summed E-state index contributed by atoms with van der Waals surface area (Å²) in [5.74, 6) is 1.16. The molecule has 0 saturated carbocycles. The monoisotopic (exact) mass is 402 g/mol. The van der Waals surface area contributed by atoms with Crippen molar-refractivity contribution >= 4 is 5.69 Å². The normalized spacial score (nSPS) is 19.0. The molecule has 8 nitrogen and oxygen atoms in total. The van der Waals surface area contributed by atoms with Crippen molar-refractivity contribution in [3.05, 3.63) is 33.9 Å². The molecule has 158 valence electrons. The summed E-state index contributed by atoms with van der Waals surface area (Å²) in [5.41, 5.74) is 2.86. The predicted octanol–water partition coefficient (Wildman–Crippen LogP) is 2.19. The highest BCUT2D eigenvalue weighted by Crippen LogP contribution is 2.29. The van der Waals surface area contributed by atoms with Crippen molar-refractivity contribution in [3.63, 3.8) is 0 Å². The molecule has 2 aromatic heterocycles. The van der Waals surface area contributed by atoms with Crippen LogP contribution in [0.2, 0.25) is 0 Å². The number of anilines is 1. The summed E-state index contributed by atoms with van der Waals surface area (Å²) in [6, 6.07) is 3.77. The van der Waals surface area contributed by atoms with Gasteiger partial charge in [0.05, 0.1) is 37.3 Å². The Bertz CT molecular complexity index is 928. The number of pyridine rings is 1. The number of aromatic nitrogens is 3. The van der Waals surface area contributed by atoms with Crippen LogP contribution in [0.25, 0.3) is 11.4 Å². The highest BCUT2D eigenvalue weighted by Gasteiger charge is 2.35. The Morgan fingerprint density at radius 1 is 1.14 bits per heavy atom. The number of nitrogens with zero attached hydrogens (tertiary/aromatic N) is 4. The number of rotatable bonds is 7. The Labute approximate surface area is 171 Å². The number of methoxy groups -OCH3 is 3. The molecule has 2 aromatic rings. The molecule has 1 saturated heterocycles. The number of hydrogen-bond acceptors (Lipinski definition) is 7. The molecule has 0 spiro atoms. The van der Waals surface area contributed by atoms with Crippen LogP contribution in [0.4, 0.5) is 5.69 Å². The fourth-order valence-electron chi connectivity index (χ4n) is 4.04. The molecular formula is C21H30N4O4. The largest absolute Gasteiger partial charge is 0.481 e. The van der Waals surface area contributed by atoms with Crippen molar-refractivity contribution in [3.8, 4) is 17.3 Å². The van der Waals surface area contributed by atoms with E-state index in [1.54, 1.807) is 32.0 Å². The second-order valence-corrected chi connectivity index (χ2v) is 7.26. The first kappa shape index (κ1) is 21.3. The van der Waals surface area contributed by atoms with Gasteiger partial charge < -0.3 is 19.1 Å². The molecule has 0 aromatic carbocycles. The Kier molecular flexibility index (Phi) is 6.54. The first-order chi connectivity index (χ1) is 13.9. The van der Waals surface area contributed by atoms with Crippen LogP contribution in [0.15, 0.2) is 16.9 Å². The lowest BCUT2D eigenvalue weighted by Gasteiger charge is -2.27. The summed E-state index contributed by atoms with van der Waals surface area (Å²) in [6.07, 6.45) is 0.884. The molecule has 0 bridgehead atoms. The van der Waals surface area contributed by atoms with Crippen molar-refractivity contribution in [2.75, 3.05) is 39.4 Å². The van der Waals surface area contributed by atoms with E-state index in [1.807, 2.05) is 26.8 Å². The smallest absolute Gasteiger partial charge is 0.277 e. The van der Waals surface area contributed by atoms with Crippen LogP contribution in [0.5, 0.6) is 5.88 Å². The zero-order valence-corrected chi connectivity index (χ0v) is 18.1. The van der Waals surface area contributed by atoms with Gasteiger partial charge in [-0.1, -0.05) is 0 Å². The minimum atomic E-state index is -0.0527. The van der Waals surface area contributed by atoms with E-state index >= 15 is 0 Å². The molecular weight excluding hydrogens is 372 g/mol. The third-order valence-electron chi connectivity index (χ3n) is 5.50. The summed E-state index contributed by atoms with van der Waals surface area (Å²) in [6.45, 7) is 7.42. The van der Waals surface area contributed by atoms with E-state index in [9.17, 15) is 4.79 Å². The molecule has 0 N–H and O–H groups in total. The number of aryl methyl sites for hydroxylation is 2. The lowest BCUT2D eigenvalue weighted by atomic mass is 10.1. The van der Waals surface area contributed by atoms with Crippen molar-refractivity contribution in [1.82, 2.24) is 14.5 Å². The third-order valence-corrected chi connectivity index (χ3v) is 5.50. The Balaban J connectivity index is 2.12. The second kappa shape index (κ2) is 8.92. The summed E-state index contributed by atoms with van der Waals surface area (Å²) >= 11 is 0. The summed E-state index contributed by atoms with van der Waals surface area (Å²) in [4.78, 5) is 24.9. The van der Waals surface area contributed by atoms with Gasteiger partial charge in [-0.25, -0.2) is 9.97 Å². The average Bonchev–Trinajstić information content (AvgIpc) is 3.10. The SMILES string of the molecule is CCn1c(-c2ccc(OC)nc2C)nc(C)c(N2C[C@H](OC)C[C@H]2COC)c1=O. The highest BCUT2D eigenvalue weighted by atomic mass is 16.5. The molecule has 0 aliphatic carbocycles. The van der Waals surface area contributed by atoms with Crippen molar-refractivity contribution in [2.45, 2.75) is 45.9 Å². The summed E-state index contributed by atoms with van der Waals surface area (Å²) in [5, 5.41) is 0. The second-order valence-electron chi connectivity index (χ2n) is 7.26. The molecule has 0 unspecified atom stereocenters. The predicted molar refractivity (Wildman–Crippen MR) is 112 cm³/mol. The number of hydrogen-bond donors (Lipinski definition) is 0. The van der Waals surface area contributed by atoms with Gasteiger partial charge in [0.2, 0.25) is 5.88 Å². The fraction of sp³-hybridized carbons (Fsp3) is 0.571. The zero-order valence-electron chi connectivity index (χ0n) is 18.1. The van der Waals surface area contributed by atoms with Gasteiger partial charge in [0.1, 0.15) is 11.5 Å². The molecule has 3 rings (SSSR count). The highest BCUT2D eigenvalue weighted by molar-refractivity contribution is 5.62.